The summed E-state index contributed by atoms with van der Waals surface area (Å²) in [5, 5.41) is 1.17. The zero-order chi connectivity index (χ0) is 23.8. The van der Waals surface area contributed by atoms with E-state index in [1.807, 2.05) is 11.0 Å². The maximum Gasteiger partial charge on any atom is 0.253 e. The van der Waals surface area contributed by atoms with Crippen LogP contribution in [-0.4, -0.2) is 41.6 Å². The third-order valence-electron chi connectivity index (χ3n) is 7.34. The lowest BCUT2D eigenvalue weighted by molar-refractivity contribution is 0.0747. The molecule has 0 N–H and O–H groups in total. The van der Waals surface area contributed by atoms with E-state index in [4.69, 9.17) is 0 Å². The van der Waals surface area contributed by atoms with E-state index >= 15 is 0 Å². The topological polar surface area (TPSA) is 28.5 Å². The fourth-order valence-corrected chi connectivity index (χ4v) is 5.15. The second kappa shape index (κ2) is 9.02. The molecule has 0 aliphatic carbocycles. The van der Waals surface area contributed by atoms with E-state index in [9.17, 15) is 4.79 Å². The average Bonchev–Trinajstić information content (AvgIpc) is 3.10. The Morgan fingerprint density at radius 2 is 1.56 bits per heavy atom. The van der Waals surface area contributed by atoms with E-state index in [-0.39, 0.29) is 5.91 Å². The number of aryl methyl sites for hydroxylation is 3. The Kier molecular flexibility index (Phi) is 5.91. The van der Waals surface area contributed by atoms with E-state index in [0.717, 1.165) is 38.3 Å². The summed E-state index contributed by atoms with van der Waals surface area (Å²) in [5.41, 5.74) is 9.62. The fourth-order valence-electron chi connectivity index (χ4n) is 5.15. The summed E-state index contributed by atoms with van der Waals surface area (Å²) in [6, 6.07) is 23.4. The van der Waals surface area contributed by atoms with Gasteiger partial charge < -0.3 is 14.4 Å². The highest BCUT2D eigenvalue weighted by molar-refractivity contribution is 5.99. The zero-order valence-electron chi connectivity index (χ0n) is 20.6. The van der Waals surface area contributed by atoms with Crippen molar-refractivity contribution in [3.05, 3.63) is 100 Å². The standard InChI is InChI=1S/C30H33N3O/c1-21-10-11-22(2)29(18-21)31-14-16-32(17-15-31)30(34)26-12-13-28-27(19-26)23(3)24(4)33(28)20-25-8-6-5-7-9-25/h5-13,18-19H,14-17,20H2,1-4H3. The maximum atomic E-state index is 13.4. The Hall–Kier alpha value is -3.53. The number of carbonyl (C=O) groups is 1. The van der Waals surface area contributed by atoms with Crippen molar-refractivity contribution in [1.82, 2.24) is 9.47 Å². The third-order valence-corrected chi connectivity index (χ3v) is 7.34. The molecule has 0 atom stereocenters. The minimum atomic E-state index is 0.135. The number of piperazine rings is 1. The summed E-state index contributed by atoms with van der Waals surface area (Å²) in [4.78, 5) is 17.8. The van der Waals surface area contributed by atoms with Gasteiger partial charge in [-0.2, -0.15) is 0 Å². The van der Waals surface area contributed by atoms with Crippen LogP contribution in [0.5, 0.6) is 0 Å². The van der Waals surface area contributed by atoms with E-state index in [1.165, 1.54) is 44.5 Å². The highest BCUT2D eigenvalue weighted by Crippen LogP contribution is 2.28. The average molecular weight is 452 g/mol. The number of carbonyl (C=O) groups excluding carboxylic acids is 1. The lowest BCUT2D eigenvalue weighted by atomic mass is 10.1. The predicted octanol–water partition coefficient (Wildman–Crippen LogP) is 5.89. The molecular weight excluding hydrogens is 418 g/mol. The Morgan fingerprint density at radius 3 is 2.29 bits per heavy atom. The number of amides is 1. The van der Waals surface area contributed by atoms with Crippen molar-refractivity contribution in [1.29, 1.82) is 0 Å². The molecule has 4 aromatic rings. The molecule has 0 unspecified atom stereocenters. The summed E-state index contributed by atoms with van der Waals surface area (Å²) in [6.07, 6.45) is 0. The first-order valence-corrected chi connectivity index (χ1v) is 12.2. The Morgan fingerprint density at radius 1 is 0.824 bits per heavy atom. The molecule has 0 radical (unpaired) electrons. The van der Waals surface area contributed by atoms with Crippen molar-refractivity contribution in [2.24, 2.45) is 0 Å². The van der Waals surface area contributed by atoms with Crippen LogP contribution in [-0.2, 0) is 6.54 Å². The van der Waals surface area contributed by atoms with E-state index in [0.29, 0.717) is 0 Å². The molecule has 5 rings (SSSR count). The van der Waals surface area contributed by atoms with Crippen molar-refractivity contribution >= 4 is 22.5 Å². The van der Waals surface area contributed by atoms with Gasteiger partial charge in [0.25, 0.3) is 5.91 Å². The molecule has 1 aromatic heterocycles. The molecule has 0 bridgehead atoms. The molecule has 4 heteroatoms. The zero-order valence-corrected chi connectivity index (χ0v) is 20.6. The molecule has 4 nitrogen and oxygen atoms in total. The molecule has 1 fully saturated rings. The summed E-state index contributed by atoms with van der Waals surface area (Å²) >= 11 is 0. The van der Waals surface area contributed by atoms with Crippen LogP contribution in [0.15, 0.2) is 66.7 Å². The van der Waals surface area contributed by atoms with Crippen LogP contribution in [0.3, 0.4) is 0 Å². The number of nitrogens with zero attached hydrogens (tertiary/aromatic N) is 3. The Balaban J connectivity index is 1.35. The summed E-state index contributed by atoms with van der Waals surface area (Å²) in [5.74, 6) is 0.135. The molecule has 34 heavy (non-hydrogen) atoms. The summed E-state index contributed by atoms with van der Waals surface area (Å²) in [7, 11) is 0. The van der Waals surface area contributed by atoms with E-state index < -0.39 is 0 Å². The molecule has 2 heterocycles. The van der Waals surface area contributed by atoms with Crippen LogP contribution in [0.2, 0.25) is 0 Å². The molecular formula is C30H33N3O. The van der Waals surface area contributed by atoms with Crippen LogP contribution >= 0.6 is 0 Å². The molecule has 174 valence electrons. The number of rotatable bonds is 4. The number of fused-ring (bicyclic) bond motifs is 1. The van der Waals surface area contributed by atoms with E-state index in [2.05, 4.69) is 97.8 Å². The fraction of sp³-hybridized carbons (Fsp3) is 0.300. The first-order valence-electron chi connectivity index (χ1n) is 12.2. The van der Waals surface area contributed by atoms with Crippen LogP contribution in [0, 0.1) is 27.7 Å². The van der Waals surface area contributed by atoms with Gasteiger partial charge in [0.05, 0.1) is 0 Å². The SMILES string of the molecule is Cc1ccc(C)c(N2CCN(C(=O)c3ccc4c(c3)c(C)c(C)n4Cc3ccccc3)CC2)c1. The smallest absolute Gasteiger partial charge is 0.253 e. The molecule has 1 amide bonds. The summed E-state index contributed by atoms with van der Waals surface area (Å²) in [6.45, 7) is 12.7. The van der Waals surface area contributed by atoms with Crippen LogP contribution in [0.4, 0.5) is 5.69 Å². The molecule has 1 aliphatic heterocycles. The van der Waals surface area contributed by atoms with Gasteiger partial charge in [0, 0.05) is 60.6 Å². The van der Waals surface area contributed by atoms with Crippen molar-refractivity contribution in [3.63, 3.8) is 0 Å². The van der Waals surface area contributed by atoms with Crippen LogP contribution in [0.1, 0.15) is 38.3 Å². The second-order valence-corrected chi connectivity index (χ2v) is 9.58. The molecule has 0 spiro atoms. The minimum Gasteiger partial charge on any atom is -0.368 e. The van der Waals surface area contributed by atoms with Crippen LogP contribution < -0.4 is 4.90 Å². The lowest BCUT2D eigenvalue weighted by Gasteiger charge is -2.37. The van der Waals surface area contributed by atoms with Gasteiger partial charge >= 0.3 is 0 Å². The largest absolute Gasteiger partial charge is 0.368 e. The van der Waals surface area contributed by atoms with Gasteiger partial charge in [0.2, 0.25) is 0 Å². The first-order chi connectivity index (χ1) is 16.4. The third kappa shape index (κ3) is 4.09. The minimum absolute atomic E-state index is 0.135. The van der Waals surface area contributed by atoms with Gasteiger partial charge in [-0.3, -0.25) is 4.79 Å². The predicted molar refractivity (Wildman–Crippen MR) is 141 cm³/mol. The number of benzene rings is 3. The van der Waals surface area contributed by atoms with Crippen LogP contribution in [0.25, 0.3) is 10.9 Å². The van der Waals surface area contributed by atoms with Gasteiger partial charge in [-0.1, -0.05) is 42.5 Å². The van der Waals surface area contributed by atoms with Crippen molar-refractivity contribution in [2.45, 2.75) is 34.2 Å². The van der Waals surface area contributed by atoms with E-state index in [1.54, 1.807) is 0 Å². The number of aromatic nitrogens is 1. The quantitative estimate of drug-likeness (QED) is 0.387. The Bertz CT molecular complexity index is 1340. The van der Waals surface area contributed by atoms with Gasteiger partial charge in [-0.05, 0) is 74.2 Å². The van der Waals surface area contributed by atoms with Crippen molar-refractivity contribution < 1.29 is 4.79 Å². The highest BCUT2D eigenvalue weighted by Gasteiger charge is 2.24. The van der Waals surface area contributed by atoms with Gasteiger partial charge in [0.15, 0.2) is 0 Å². The van der Waals surface area contributed by atoms with Crippen molar-refractivity contribution in [2.75, 3.05) is 31.1 Å². The number of hydrogen-bond donors (Lipinski definition) is 0. The van der Waals surface area contributed by atoms with Crippen molar-refractivity contribution in [3.8, 4) is 0 Å². The molecule has 3 aromatic carbocycles. The Labute approximate surface area is 202 Å². The molecule has 1 aliphatic rings. The highest BCUT2D eigenvalue weighted by atomic mass is 16.2. The monoisotopic (exact) mass is 451 g/mol. The number of hydrogen-bond acceptors (Lipinski definition) is 2. The van der Waals surface area contributed by atoms with Gasteiger partial charge in [0.1, 0.15) is 0 Å². The normalized spacial score (nSPS) is 14.1. The molecule has 1 saturated heterocycles. The van der Waals surface area contributed by atoms with Gasteiger partial charge in [-0.25, -0.2) is 0 Å². The second-order valence-electron chi connectivity index (χ2n) is 9.58. The summed E-state index contributed by atoms with van der Waals surface area (Å²) < 4.78 is 2.36. The number of anilines is 1. The lowest BCUT2D eigenvalue weighted by Crippen LogP contribution is -2.49. The van der Waals surface area contributed by atoms with Gasteiger partial charge in [-0.15, -0.1) is 0 Å². The maximum absolute atomic E-state index is 13.4. The first kappa shape index (κ1) is 22.3. The molecule has 0 saturated carbocycles.